The molecule has 0 bridgehead atoms. The molecule has 1 rings (SSSR count). The third-order valence-corrected chi connectivity index (χ3v) is 1.59. The van der Waals surface area contributed by atoms with E-state index in [-0.39, 0.29) is 0 Å². The predicted octanol–water partition coefficient (Wildman–Crippen LogP) is 2.83. The molecule has 0 N–H and O–H groups in total. The Hall–Kier alpha value is -1.70. The van der Waals surface area contributed by atoms with Crippen molar-refractivity contribution in [3.05, 3.63) is 55.0 Å². The van der Waals surface area contributed by atoms with Crippen molar-refractivity contribution in [3.8, 4) is 0 Å². The van der Waals surface area contributed by atoms with Crippen molar-refractivity contribution in [3.63, 3.8) is 0 Å². The average molecular weight is 190 g/mol. The molecule has 0 aliphatic rings. The van der Waals surface area contributed by atoms with Gasteiger partial charge in [-0.1, -0.05) is 36.9 Å². The zero-order chi connectivity index (χ0) is 10.1. The number of hydrogen-bond donors (Lipinski definition) is 0. The predicted molar refractivity (Wildman–Crippen MR) is 57.6 cm³/mol. The van der Waals surface area contributed by atoms with Gasteiger partial charge in [-0.3, -0.25) is 0 Å². The Kier molecular flexibility index (Phi) is 5.03. The minimum absolute atomic E-state index is 0.530. The van der Waals surface area contributed by atoms with Gasteiger partial charge in [0.05, 0.1) is 12.5 Å². The first-order valence-corrected chi connectivity index (χ1v) is 4.49. The fraction of sp³-hybridized carbons (Fsp3) is 0.167. The first-order valence-electron chi connectivity index (χ1n) is 4.49. The molecule has 0 aromatic heterocycles. The molecule has 0 spiro atoms. The number of benzene rings is 1. The smallest absolute Gasteiger partial charge is 0.121 e. The van der Waals surface area contributed by atoms with Crippen molar-refractivity contribution in [2.45, 2.75) is 0 Å². The second-order valence-electron chi connectivity index (χ2n) is 2.62. The summed E-state index contributed by atoms with van der Waals surface area (Å²) >= 11 is 0. The Morgan fingerprint density at radius 2 is 1.79 bits per heavy atom. The highest BCUT2D eigenvalue weighted by Gasteiger charge is 1.83. The van der Waals surface area contributed by atoms with Crippen LogP contribution in [0.5, 0.6) is 0 Å². The van der Waals surface area contributed by atoms with E-state index in [1.807, 2.05) is 36.4 Å². The lowest BCUT2D eigenvalue weighted by Gasteiger charge is -1.99. The summed E-state index contributed by atoms with van der Waals surface area (Å²) in [6, 6.07) is 9.98. The van der Waals surface area contributed by atoms with Crippen LogP contribution in [0.1, 0.15) is 5.56 Å². The molecule has 0 fully saturated rings. The summed E-state index contributed by atoms with van der Waals surface area (Å²) in [6.45, 7) is 4.50. The van der Waals surface area contributed by atoms with E-state index >= 15 is 0 Å². The van der Waals surface area contributed by atoms with Gasteiger partial charge in [-0.15, -0.1) is 0 Å². The van der Waals surface area contributed by atoms with Gasteiger partial charge in [-0.05, 0) is 11.6 Å². The molecule has 0 aliphatic heterocycles. The van der Waals surface area contributed by atoms with Crippen LogP contribution in [0.2, 0.25) is 0 Å². The summed E-state index contributed by atoms with van der Waals surface area (Å²) in [5, 5.41) is 0. The molecule has 0 saturated carbocycles. The van der Waals surface area contributed by atoms with Crippen LogP contribution < -0.4 is 0 Å². The highest BCUT2D eigenvalue weighted by molar-refractivity contribution is 5.47. The molecule has 0 amide bonds. The van der Waals surface area contributed by atoms with Crippen LogP contribution in [0, 0.1) is 0 Å². The summed E-state index contributed by atoms with van der Waals surface area (Å²) < 4.78 is 10.1. The molecule has 0 saturated heterocycles. The second-order valence-corrected chi connectivity index (χ2v) is 2.62. The fourth-order valence-corrected chi connectivity index (χ4v) is 0.938. The molecular weight excluding hydrogens is 176 g/mol. The van der Waals surface area contributed by atoms with Crippen molar-refractivity contribution in [2.24, 2.45) is 0 Å². The van der Waals surface area contributed by atoms with Gasteiger partial charge < -0.3 is 9.47 Å². The molecule has 2 heteroatoms. The van der Waals surface area contributed by atoms with Crippen molar-refractivity contribution < 1.29 is 9.47 Å². The Morgan fingerprint density at radius 1 is 1.07 bits per heavy atom. The lowest BCUT2D eigenvalue weighted by molar-refractivity contribution is 0.151. The molecule has 0 aliphatic carbocycles. The maximum absolute atomic E-state index is 5.19. The van der Waals surface area contributed by atoms with E-state index in [1.165, 1.54) is 6.26 Å². The summed E-state index contributed by atoms with van der Waals surface area (Å²) in [4.78, 5) is 0. The van der Waals surface area contributed by atoms with Gasteiger partial charge in [0.1, 0.15) is 13.2 Å². The number of hydrogen-bond acceptors (Lipinski definition) is 2. The largest absolute Gasteiger partial charge is 0.498 e. The Bertz CT molecular complexity index is 278. The summed E-state index contributed by atoms with van der Waals surface area (Å²) in [6.07, 6.45) is 4.99. The second kappa shape index (κ2) is 6.78. The zero-order valence-corrected chi connectivity index (χ0v) is 8.06. The van der Waals surface area contributed by atoms with Crippen LogP contribution in [0.3, 0.4) is 0 Å². The normalized spacial score (nSPS) is 10.0. The van der Waals surface area contributed by atoms with Gasteiger partial charge in [-0.2, -0.15) is 0 Å². The molecule has 0 atom stereocenters. The monoisotopic (exact) mass is 190 g/mol. The van der Waals surface area contributed by atoms with Crippen LogP contribution in [0.4, 0.5) is 0 Å². The van der Waals surface area contributed by atoms with Crippen molar-refractivity contribution >= 4 is 6.08 Å². The zero-order valence-electron chi connectivity index (χ0n) is 8.06. The van der Waals surface area contributed by atoms with Crippen LogP contribution >= 0.6 is 0 Å². The Labute approximate surface area is 84.5 Å². The van der Waals surface area contributed by atoms with E-state index in [2.05, 4.69) is 6.58 Å². The lowest BCUT2D eigenvalue weighted by atomic mass is 10.2. The van der Waals surface area contributed by atoms with Gasteiger partial charge in [0.15, 0.2) is 0 Å². The highest BCUT2D eigenvalue weighted by atomic mass is 16.5. The van der Waals surface area contributed by atoms with Gasteiger partial charge in [0.25, 0.3) is 0 Å². The van der Waals surface area contributed by atoms with Crippen molar-refractivity contribution in [1.82, 2.24) is 0 Å². The maximum Gasteiger partial charge on any atom is 0.121 e. The van der Waals surface area contributed by atoms with E-state index in [0.717, 1.165) is 5.56 Å². The Balaban J connectivity index is 2.18. The average Bonchev–Trinajstić information content (AvgIpc) is 2.25. The summed E-state index contributed by atoms with van der Waals surface area (Å²) in [5.41, 5.74) is 1.12. The first kappa shape index (κ1) is 10.4. The minimum Gasteiger partial charge on any atom is -0.498 e. The molecule has 74 valence electrons. The minimum atomic E-state index is 0.530. The van der Waals surface area contributed by atoms with E-state index < -0.39 is 0 Å². The van der Waals surface area contributed by atoms with E-state index in [4.69, 9.17) is 9.47 Å². The van der Waals surface area contributed by atoms with E-state index in [1.54, 1.807) is 6.26 Å². The topological polar surface area (TPSA) is 18.5 Å². The Morgan fingerprint density at radius 3 is 2.50 bits per heavy atom. The molecular formula is C12H14O2. The molecule has 0 radical (unpaired) electrons. The van der Waals surface area contributed by atoms with Gasteiger partial charge in [0, 0.05) is 0 Å². The molecule has 14 heavy (non-hydrogen) atoms. The van der Waals surface area contributed by atoms with Crippen LogP contribution in [0.25, 0.3) is 6.08 Å². The third-order valence-electron chi connectivity index (χ3n) is 1.59. The summed E-state index contributed by atoms with van der Waals surface area (Å²) in [5.74, 6) is 0. The SMILES string of the molecule is C=COCCO/C=C/c1ccccc1. The molecule has 0 unspecified atom stereocenters. The number of ether oxygens (including phenoxy) is 2. The van der Waals surface area contributed by atoms with Crippen molar-refractivity contribution in [1.29, 1.82) is 0 Å². The standard InChI is InChI=1S/C12H14O2/c1-2-13-10-11-14-9-8-12-6-4-3-5-7-12/h2-9H,1,10-11H2/b9-8+. The van der Waals surface area contributed by atoms with Crippen LogP contribution in [-0.4, -0.2) is 13.2 Å². The van der Waals surface area contributed by atoms with Gasteiger partial charge in [0.2, 0.25) is 0 Å². The van der Waals surface area contributed by atoms with E-state index in [9.17, 15) is 0 Å². The van der Waals surface area contributed by atoms with E-state index in [0.29, 0.717) is 13.2 Å². The van der Waals surface area contributed by atoms with Gasteiger partial charge in [-0.25, -0.2) is 0 Å². The maximum atomic E-state index is 5.19. The fourth-order valence-electron chi connectivity index (χ4n) is 0.938. The molecule has 2 nitrogen and oxygen atoms in total. The summed E-state index contributed by atoms with van der Waals surface area (Å²) in [7, 11) is 0. The van der Waals surface area contributed by atoms with Crippen LogP contribution in [-0.2, 0) is 9.47 Å². The van der Waals surface area contributed by atoms with Crippen LogP contribution in [0.15, 0.2) is 49.4 Å². The number of rotatable bonds is 6. The highest BCUT2D eigenvalue weighted by Crippen LogP contribution is 2.00. The quantitative estimate of drug-likeness (QED) is 0.507. The molecule has 1 aromatic rings. The first-order chi connectivity index (χ1) is 6.93. The molecule has 1 aromatic carbocycles. The van der Waals surface area contributed by atoms with Gasteiger partial charge >= 0.3 is 0 Å². The third kappa shape index (κ3) is 4.36. The lowest BCUT2D eigenvalue weighted by Crippen LogP contribution is -1.95. The molecule has 0 heterocycles. The van der Waals surface area contributed by atoms with Crippen molar-refractivity contribution in [2.75, 3.05) is 13.2 Å².